The number of nitrogens with one attached hydrogen (secondary N) is 1. The van der Waals surface area contributed by atoms with Crippen LogP contribution in [0.15, 0.2) is 47.6 Å². The molecular weight excluding hydrogens is 343 g/mol. The number of likely N-dealkylation sites (tertiary alicyclic amines) is 1. The van der Waals surface area contributed by atoms with Crippen LogP contribution in [0.3, 0.4) is 0 Å². The first-order valence-corrected chi connectivity index (χ1v) is 8.69. The van der Waals surface area contributed by atoms with Crippen LogP contribution in [-0.4, -0.2) is 41.0 Å². The highest BCUT2D eigenvalue weighted by molar-refractivity contribution is 7.98. The number of nitrogens with zero attached hydrogens (tertiary/aromatic N) is 2. The van der Waals surface area contributed by atoms with Gasteiger partial charge in [-0.2, -0.15) is 0 Å². The first-order valence-electron chi connectivity index (χ1n) is 7.70. The zero-order valence-corrected chi connectivity index (χ0v) is 14.1. The van der Waals surface area contributed by atoms with Crippen molar-refractivity contribution in [3.63, 3.8) is 0 Å². The van der Waals surface area contributed by atoms with E-state index in [1.807, 2.05) is 0 Å². The van der Waals surface area contributed by atoms with E-state index >= 15 is 0 Å². The summed E-state index contributed by atoms with van der Waals surface area (Å²) in [5, 5.41) is 3.48. The Bertz CT molecular complexity index is 778. The van der Waals surface area contributed by atoms with E-state index in [9.17, 15) is 14.0 Å². The molecule has 3 amide bonds. The molecule has 8 heteroatoms. The van der Waals surface area contributed by atoms with Crippen LogP contribution < -0.4 is 11.1 Å². The number of hydrogen-bond acceptors (Lipinski definition) is 4. The molecule has 2 heterocycles. The number of thioether (sulfide) groups is 1. The molecule has 3 rings (SSSR count). The van der Waals surface area contributed by atoms with Crippen LogP contribution in [0, 0.1) is 5.82 Å². The first kappa shape index (κ1) is 17.2. The molecule has 0 saturated carbocycles. The molecule has 1 saturated heterocycles. The Hall–Kier alpha value is -2.61. The SMILES string of the molecule is NC(=O)N1CC(NC(=O)c2cccnc2SCc2ccc(F)cc2)C1. The highest BCUT2D eigenvalue weighted by atomic mass is 32.2. The number of carbonyl (C=O) groups excluding carboxylic acids is 2. The number of pyridine rings is 1. The van der Waals surface area contributed by atoms with Gasteiger partial charge in [0.05, 0.1) is 11.6 Å². The molecule has 130 valence electrons. The summed E-state index contributed by atoms with van der Waals surface area (Å²) in [7, 11) is 0. The largest absolute Gasteiger partial charge is 0.351 e. The molecule has 25 heavy (non-hydrogen) atoms. The summed E-state index contributed by atoms with van der Waals surface area (Å²) in [6.45, 7) is 0.832. The van der Waals surface area contributed by atoms with Gasteiger partial charge in [-0.25, -0.2) is 14.2 Å². The zero-order valence-electron chi connectivity index (χ0n) is 13.3. The minimum atomic E-state index is -0.484. The molecule has 1 aliphatic rings. The topological polar surface area (TPSA) is 88.3 Å². The standard InChI is InChI=1S/C17H17FN4O2S/c18-12-5-3-11(4-6-12)10-25-16-14(2-1-7-20-16)15(23)21-13-8-22(9-13)17(19)24/h1-7,13H,8-10H2,(H2,19,24)(H,21,23). The second kappa shape index (κ2) is 7.52. The number of rotatable bonds is 5. The van der Waals surface area contributed by atoms with Crippen molar-refractivity contribution in [2.24, 2.45) is 5.73 Å². The summed E-state index contributed by atoms with van der Waals surface area (Å²) in [5.74, 6) is 0.0668. The van der Waals surface area contributed by atoms with Gasteiger partial charge in [-0.05, 0) is 29.8 Å². The third-order valence-corrected chi connectivity index (χ3v) is 4.91. The Morgan fingerprint density at radius 1 is 1.28 bits per heavy atom. The van der Waals surface area contributed by atoms with Crippen molar-refractivity contribution < 1.29 is 14.0 Å². The lowest BCUT2D eigenvalue weighted by atomic mass is 10.1. The minimum absolute atomic E-state index is 0.102. The molecule has 6 nitrogen and oxygen atoms in total. The first-order chi connectivity index (χ1) is 12.0. The summed E-state index contributed by atoms with van der Waals surface area (Å²) >= 11 is 1.41. The van der Waals surface area contributed by atoms with E-state index in [-0.39, 0.29) is 17.8 Å². The molecule has 2 aromatic rings. The second-order valence-corrected chi connectivity index (χ2v) is 6.65. The smallest absolute Gasteiger partial charge is 0.314 e. The van der Waals surface area contributed by atoms with E-state index in [2.05, 4.69) is 10.3 Å². The van der Waals surface area contributed by atoms with E-state index in [1.54, 1.807) is 30.5 Å². The maximum atomic E-state index is 13.0. The number of amides is 3. The Morgan fingerprint density at radius 3 is 2.68 bits per heavy atom. The van der Waals surface area contributed by atoms with Gasteiger partial charge >= 0.3 is 6.03 Å². The van der Waals surface area contributed by atoms with Gasteiger partial charge in [0, 0.05) is 25.0 Å². The zero-order chi connectivity index (χ0) is 17.8. The fourth-order valence-electron chi connectivity index (χ4n) is 2.42. The summed E-state index contributed by atoms with van der Waals surface area (Å²) < 4.78 is 13.0. The van der Waals surface area contributed by atoms with Crippen molar-refractivity contribution in [2.75, 3.05) is 13.1 Å². The lowest BCUT2D eigenvalue weighted by Crippen LogP contribution is -2.62. The molecular formula is C17H17FN4O2S. The molecule has 0 bridgehead atoms. The molecule has 1 fully saturated rings. The van der Waals surface area contributed by atoms with Gasteiger partial charge in [-0.1, -0.05) is 12.1 Å². The fourth-order valence-corrected chi connectivity index (χ4v) is 3.37. The van der Waals surface area contributed by atoms with Gasteiger partial charge in [-0.15, -0.1) is 11.8 Å². The maximum Gasteiger partial charge on any atom is 0.314 e. The van der Waals surface area contributed by atoms with Crippen LogP contribution >= 0.6 is 11.8 Å². The van der Waals surface area contributed by atoms with E-state index in [1.165, 1.54) is 28.8 Å². The van der Waals surface area contributed by atoms with Gasteiger partial charge in [-0.3, -0.25) is 4.79 Å². The third kappa shape index (κ3) is 4.27. The van der Waals surface area contributed by atoms with E-state index in [0.29, 0.717) is 29.4 Å². The summed E-state index contributed by atoms with van der Waals surface area (Å²) in [6.07, 6.45) is 1.63. The van der Waals surface area contributed by atoms with Crippen LogP contribution in [0.5, 0.6) is 0 Å². The van der Waals surface area contributed by atoms with Crippen molar-refractivity contribution in [3.8, 4) is 0 Å². The molecule has 1 aromatic heterocycles. The number of benzene rings is 1. The summed E-state index contributed by atoms with van der Waals surface area (Å²) in [4.78, 5) is 29.2. The number of hydrogen-bond donors (Lipinski definition) is 2. The van der Waals surface area contributed by atoms with E-state index in [4.69, 9.17) is 5.73 Å². The summed E-state index contributed by atoms with van der Waals surface area (Å²) in [5.41, 5.74) is 6.59. The fraction of sp³-hybridized carbons (Fsp3) is 0.235. The molecule has 1 aliphatic heterocycles. The van der Waals surface area contributed by atoms with Crippen molar-refractivity contribution in [3.05, 3.63) is 59.5 Å². The van der Waals surface area contributed by atoms with E-state index < -0.39 is 6.03 Å². The number of primary amides is 1. The molecule has 0 radical (unpaired) electrons. The average molecular weight is 360 g/mol. The van der Waals surface area contributed by atoms with Crippen LogP contribution in [0.25, 0.3) is 0 Å². The van der Waals surface area contributed by atoms with Gasteiger partial charge in [0.25, 0.3) is 5.91 Å². The Balaban J connectivity index is 1.61. The summed E-state index contributed by atoms with van der Waals surface area (Å²) in [6, 6.07) is 9.05. The van der Waals surface area contributed by atoms with Crippen LogP contribution in [0.2, 0.25) is 0 Å². The molecule has 0 aliphatic carbocycles. The van der Waals surface area contributed by atoms with Gasteiger partial charge in [0.2, 0.25) is 0 Å². The number of carbonyl (C=O) groups is 2. The highest BCUT2D eigenvalue weighted by Crippen LogP contribution is 2.24. The molecule has 3 N–H and O–H groups in total. The van der Waals surface area contributed by atoms with Crippen LogP contribution in [0.1, 0.15) is 15.9 Å². The van der Waals surface area contributed by atoms with Crippen molar-refractivity contribution in [1.82, 2.24) is 15.2 Å². The quantitative estimate of drug-likeness (QED) is 0.799. The number of urea groups is 1. The third-order valence-electron chi connectivity index (χ3n) is 3.83. The highest BCUT2D eigenvalue weighted by Gasteiger charge is 2.31. The van der Waals surface area contributed by atoms with Crippen molar-refractivity contribution in [2.45, 2.75) is 16.8 Å². The minimum Gasteiger partial charge on any atom is -0.351 e. The van der Waals surface area contributed by atoms with Gasteiger partial charge < -0.3 is 16.0 Å². The van der Waals surface area contributed by atoms with Gasteiger partial charge in [0.1, 0.15) is 10.8 Å². The van der Waals surface area contributed by atoms with Crippen LogP contribution in [-0.2, 0) is 5.75 Å². The number of nitrogens with two attached hydrogens (primary N) is 1. The predicted molar refractivity (Wildman–Crippen MR) is 92.6 cm³/mol. The molecule has 0 unspecified atom stereocenters. The Morgan fingerprint density at radius 2 is 2.00 bits per heavy atom. The maximum absolute atomic E-state index is 13.0. The lowest BCUT2D eigenvalue weighted by molar-refractivity contribution is 0.0857. The molecule has 0 atom stereocenters. The molecule has 1 aromatic carbocycles. The lowest BCUT2D eigenvalue weighted by Gasteiger charge is -2.38. The van der Waals surface area contributed by atoms with Crippen molar-refractivity contribution >= 4 is 23.7 Å². The van der Waals surface area contributed by atoms with Gasteiger partial charge in [0.15, 0.2) is 0 Å². The average Bonchev–Trinajstić information content (AvgIpc) is 2.57. The predicted octanol–water partition coefficient (Wildman–Crippen LogP) is 2.01. The Kier molecular flexibility index (Phi) is 5.18. The monoisotopic (exact) mass is 360 g/mol. The van der Waals surface area contributed by atoms with Crippen LogP contribution in [0.4, 0.5) is 9.18 Å². The normalized spacial score (nSPS) is 14.0. The second-order valence-electron chi connectivity index (χ2n) is 5.68. The Labute approximate surface area is 148 Å². The van der Waals surface area contributed by atoms with Crippen molar-refractivity contribution in [1.29, 1.82) is 0 Å². The number of halogens is 1. The molecule has 0 spiro atoms. The van der Waals surface area contributed by atoms with E-state index in [0.717, 1.165) is 5.56 Å². The number of aromatic nitrogens is 1.